The Balaban J connectivity index is 2.09. The van der Waals surface area contributed by atoms with Crippen molar-refractivity contribution in [1.29, 1.82) is 0 Å². The van der Waals surface area contributed by atoms with E-state index in [-0.39, 0.29) is 5.82 Å². The zero-order valence-corrected chi connectivity index (χ0v) is 13.0. The van der Waals surface area contributed by atoms with Crippen LogP contribution in [0.5, 0.6) is 5.75 Å². The van der Waals surface area contributed by atoms with Crippen LogP contribution < -0.4 is 10.1 Å². The summed E-state index contributed by atoms with van der Waals surface area (Å²) in [5, 5.41) is 3.94. The van der Waals surface area contributed by atoms with Gasteiger partial charge in [0, 0.05) is 23.2 Å². The first-order valence-electron chi connectivity index (χ1n) is 6.94. The van der Waals surface area contributed by atoms with Crippen LogP contribution in [0.3, 0.4) is 0 Å². The fourth-order valence-corrected chi connectivity index (χ4v) is 2.03. The molecule has 0 amide bonds. The number of rotatable bonds is 6. The van der Waals surface area contributed by atoms with Crippen molar-refractivity contribution in [3.05, 3.63) is 64.4 Å². The molecule has 2 rings (SSSR count). The molecule has 0 aromatic heterocycles. The molecule has 4 heteroatoms. The second-order valence-electron chi connectivity index (χ2n) is 5.18. The number of nitrogens with one attached hydrogen (secondary N) is 1. The molecule has 0 saturated heterocycles. The second kappa shape index (κ2) is 7.43. The summed E-state index contributed by atoms with van der Waals surface area (Å²) in [6.07, 6.45) is 0. The Hall–Kier alpha value is -1.58. The summed E-state index contributed by atoms with van der Waals surface area (Å²) < 4.78 is 19.6. The molecule has 2 aromatic carbocycles. The summed E-state index contributed by atoms with van der Waals surface area (Å²) >= 11 is 5.84. The standard InChI is InChI=1S/C17H19ClFNO/c1-12(2)20-10-14-4-3-5-16(19)17(14)21-11-13-6-8-15(18)9-7-13/h3-9,12,20H,10-11H2,1-2H3. The first kappa shape index (κ1) is 15.8. The lowest BCUT2D eigenvalue weighted by molar-refractivity contribution is 0.286. The van der Waals surface area contributed by atoms with Crippen LogP contribution in [0.1, 0.15) is 25.0 Å². The molecule has 0 radical (unpaired) electrons. The third-order valence-electron chi connectivity index (χ3n) is 3.05. The van der Waals surface area contributed by atoms with Gasteiger partial charge in [0.05, 0.1) is 0 Å². The molecule has 0 bridgehead atoms. The maximum Gasteiger partial charge on any atom is 0.165 e. The smallest absolute Gasteiger partial charge is 0.165 e. The van der Waals surface area contributed by atoms with Gasteiger partial charge < -0.3 is 10.1 Å². The summed E-state index contributed by atoms with van der Waals surface area (Å²) in [4.78, 5) is 0. The number of halogens is 2. The van der Waals surface area contributed by atoms with Crippen LogP contribution in [-0.4, -0.2) is 6.04 Å². The average Bonchev–Trinajstić information content (AvgIpc) is 2.46. The van der Waals surface area contributed by atoms with Crippen LogP contribution in [0.25, 0.3) is 0 Å². The van der Waals surface area contributed by atoms with Crippen molar-refractivity contribution in [2.24, 2.45) is 0 Å². The molecule has 0 aliphatic rings. The fraction of sp³-hybridized carbons (Fsp3) is 0.294. The Morgan fingerprint density at radius 1 is 1.14 bits per heavy atom. The van der Waals surface area contributed by atoms with Crippen LogP contribution >= 0.6 is 11.6 Å². The Morgan fingerprint density at radius 2 is 1.86 bits per heavy atom. The highest BCUT2D eigenvalue weighted by atomic mass is 35.5. The van der Waals surface area contributed by atoms with E-state index in [1.807, 2.05) is 32.0 Å². The first-order valence-corrected chi connectivity index (χ1v) is 7.32. The highest BCUT2D eigenvalue weighted by Crippen LogP contribution is 2.24. The molecule has 0 heterocycles. The van der Waals surface area contributed by atoms with Gasteiger partial charge >= 0.3 is 0 Å². The number of benzene rings is 2. The van der Waals surface area contributed by atoms with E-state index in [2.05, 4.69) is 5.32 Å². The van der Waals surface area contributed by atoms with Crippen LogP contribution in [0.2, 0.25) is 5.02 Å². The van der Waals surface area contributed by atoms with Crippen LogP contribution in [0.15, 0.2) is 42.5 Å². The van der Waals surface area contributed by atoms with Gasteiger partial charge in [-0.05, 0) is 23.8 Å². The van der Waals surface area contributed by atoms with Crippen molar-refractivity contribution in [3.8, 4) is 5.75 Å². The Morgan fingerprint density at radius 3 is 2.52 bits per heavy atom. The molecule has 0 spiro atoms. The fourth-order valence-electron chi connectivity index (χ4n) is 1.90. The lowest BCUT2D eigenvalue weighted by atomic mass is 10.1. The number of para-hydroxylation sites is 1. The molecule has 21 heavy (non-hydrogen) atoms. The van der Waals surface area contributed by atoms with Crippen molar-refractivity contribution in [2.75, 3.05) is 0 Å². The Bertz CT molecular complexity index is 584. The van der Waals surface area contributed by atoms with Gasteiger partial charge in [-0.15, -0.1) is 0 Å². The van der Waals surface area contributed by atoms with E-state index in [4.69, 9.17) is 16.3 Å². The van der Waals surface area contributed by atoms with Crippen LogP contribution in [-0.2, 0) is 13.2 Å². The zero-order valence-electron chi connectivity index (χ0n) is 12.2. The van der Waals surface area contributed by atoms with E-state index in [0.29, 0.717) is 30.0 Å². The molecule has 0 fully saturated rings. The van der Waals surface area contributed by atoms with Crippen molar-refractivity contribution in [1.82, 2.24) is 5.32 Å². The second-order valence-corrected chi connectivity index (χ2v) is 5.62. The molecule has 0 atom stereocenters. The summed E-state index contributed by atoms with van der Waals surface area (Å²) in [6.45, 7) is 4.99. The molecule has 0 unspecified atom stereocenters. The van der Waals surface area contributed by atoms with E-state index >= 15 is 0 Å². The van der Waals surface area contributed by atoms with Crippen LogP contribution in [0, 0.1) is 5.82 Å². The third-order valence-corrected chi connectivity index (χ3v) is 3.30. The van der Waals surface area contributed by atoms with E-state index in [1.54, 1.807) is 18.2 Å². The molecule has 2 aromatic rings. The highest BCUT2D eigenvalue weighted by Gasteiger charge is 2.10. The molecule has 1 N–H and O–H groups in total. The molecular formula is C17H19ClFNO. The molecular weight excluding hydrogens is 289 g/mol. The normalized spacial score (nSPS) is 10.9. The van der Waals surface area contributed by atoms with Gasteiger partial charge in [0.2, 0.25) is 0 Å². The molecule has 0 aliphatic heterocycles. The zero-order chi connectivity index (χ0) is 15.2. The Kier molecular flexibility index (Phi) is 5.59. The number of hydrogen-bond acceptors (Lipinski definition) is 2. The lowest BCUT2D eigenvalue weighted by Gasteiger charge is -2.14. The minimum absolute atomic E-state index is 0.306. The minimum atomic E-state index is -0.341. The Labute approximate surface area is 129 Å². The minimum Gasteiger partial charge on any atom is -0.485 e. The van der Waals surface area contributed by atoms with Crippen molar-refractivity contribution in [3.63, 3.8) is 0 Å². The maximum absolute atomic E-state index is 14.0. The van der Waals surface area contributed by atoms with E-state index in [1.165, 1.54) is 6.07 Å². The predicted molar refractivity (Wildman–Crippen MR) is 84.2 cm³/mol. The van der Waals surface area contributed by atoms with Crippen molar-refractivity contribution >= 4 is 11.6 Å². The maximum atomic E-state index is 14.0. The van der Waals surface area contributed by atoms with Gasteiger partial charge in [-0.25, -0.2) is 4.39 Å². The molecule has 112 valence electrons. The largest absolute Gasteiger partial charge is 0.485 e. The summed E-state index contributed by atoms with van der Waals surface area (Å²) in [5.74, 6) is -0.0346. The van der Waals surface area contributed by atoms with Gasteiger partial charge in [0.15, 0.2) is 11.6 Å². The van der Waals surface area contributed by atoms with Gasteiger partial charge in [-0.3, -0.25) is 0 Å². The predicted octanol–water partition coefficient (Wildman–Crippen LogP) is 4.56. The lowest BCUT2D eigenvalue weighted by Crippen LogP contribution is -2.22. The third kappa shape index (κ3) is 4.73. The molecule has 0 aliphatic carbocycles. The van der Waals surface area contributed by atoms with E-state index < -0.39 is 0 Å². The topological polar surface area (TPSA) is 21.3 Å². The number of hydrogen-bond donors (Lipinski definition) is 1. The highest BCUT2D eigenvalue weighted by molar-refractivity contribution is 6.30. The van der Waals surface area contributed by atoms with Gasteiger partial charge in [0.1, 0.15) is 6.61 Å². The van der Waals surface area contributed by atoms with Gasteiger partial charge in [-0.1, -0.05) is 49.7 Å². The van der Waals surface area contributed by atoms with Gasteiger partial charge in [0.25, 0.3) is 0 Å². The first-order chi connectivity index (χ1) is 10.1. The quantitative estimate of drug-likeness (QED) is 0.845. The van der Waals surface area contributed by atoms with E-state index in [0.717, 1.165) is 11.1 Å². The van der Waals surface area contributed by atoms with Crippen molar-refractivity contribution < 1.29 is 9.13 Å². The monoisotopic (exact) mass is 307 g/mol. The SMILES string of the molecule is CC(C)NCc1cccc(F)c1OCc1ccc(Cl)cc1. The summed E-state index contributed by atoms with van der Waals surface area (Å²) in [6, 6.07) is 12.6. The van der Waals surface area contributed by atoms with E-state index in [9.17, 15) is 4.39 Å². The van der Waals surface area contributed by atoms with Crippen molar-refractivity contribution in [2.45, 2.75) is 33.0 Å². The van der Waals surface area contributed by atoms with Gasteiger partial charge in [-0.2, -0.15) is 0 Å². The van der Waals surface area contributed by atoms with Crippen LogP contribution in [0.4, 0.5) is 4.39 Å². The summed E-state index contributed by atoms with van der Waals surface area (Å²) in [7, 11) is 0. The average molecular weight is 308 g/mol. The molecule has 0 saturated carbocycles. The summed E-state index contributed by atoms with van der Waals surface area (Å²) in [5.41, 5.74) is 1.77. The number of ether oxygens (including phenoxy) is 1. The molecule has 2 nitrogen and oxygen atoms in total.